The number of hydrogen-bond acceptors (Lipinski definition) is 6. The fourth-order valence-corrected chi connectivity index (χ4v) is 1.09. The van der Waals surface area contributed by atoms with Gasteiger partial charge in [0.05, 0.1) is 19.6 Å². The van der Waals surface area contributed by atoms with Crippen LogP contribution in [0.15, 0.2) is 0 Å². The van der Waals surface area contributed by atoms with Crippen LogP contribution in [-0.2, 0) is 23.8 Å². The zero-order valence-corrected chi connectivity index (χ0v) is 9.78. The summed E-state index contributed by atoms with van der Waals surface area (Å²) in [4.78, 5) is 21.4. The third-order valence-corrected chi connectivity index (χ3v) is 1.65. The molecule has 0 aromatic carbocycles. The summed E-state index contributed by atoms with van der Waals surface area (Å²) in [6.45, 7) is 5.53. The highest BCUT2D eigenvalue weighted by Crippen LogP contribution is 2.15. The summed E-state index contributed by atoms with van der Waals surface area (Å²) in [5.41, 5.74) is 0. The van der Waals surface area contributed by atoms with Crippen molar-refractivity contribution in [2.45, 2.75) is 39.6 Å². The molecule has 0 saturated heterocycles. The van der Waals surface area contributed by atoms with E-state index in [0.29, 0.717) is 13.2 Å². The largest absolute Gasteiger partial charge is 0.550 e. The van der Waals surface area contributed by atoms with Gasteiger partial charge in [-0.1, -0.05) is 0 Å². The predicted molar refractivity (Wildman–Crippen MR) is 52.0 cm³/mol. The summed E-state index contributed by atoms with van der Waals surface area (Å²) in [5.74, 6) is -3.45. The predicted octanol–water partition coefficient (Wildman–Crippen LogP) is -0.194. The van der Waals surface area contributed by atoms with Gasteiger partial charge in [-0.15, -0.1) is 0 Å². The van der Waals surface area contributed by atoms with Crippen molar-refractivity contribution in [2.75, 3.05) is 13.2 Å². The Morgan fingerprint density at radius 3 is 2.00 bits per heavy atom. The van der Waals surface area contributed by atoms with Crippen molar-refractivity contribution in [3.05, 3.63) is 0 Å². The first-order valence-corrected chi connectivity index (χ1v) is 5.13. The van der Waals surface area contributed by atoms with E-state index in [2.05, 4.69) is 0 Å². The number of carboxylic acids is 1. The van der Waals surface area contributed by atoms with Crippen LogP contribution in [0.25, 0.3) is 0 Å². The molecule has 6 heteroatoms. The van der Waals surface area contributed by atoms with Crippen molar-refractivity contribution in [2.24, 2.45) is 0 Å². The van der Waals surface area contributed by atoms with Crippen LogP contribution in [-0.4, -0.2) is 31.1 Å². The third-order valence-electron chi connectivity index (χ3n) is 1.65. The third kappa shape index (κ3) is 6.36. The van der Waals surface area contributed by atoms with Gasteiger partial charge >= 0.3 is 11.9 Å². The minimum absolute atomic E-state index is 0.266. The molecule has 0 bridgehead atoms. The number of esters is 1. The Labute approximate surface area is 94.5 Å². The van der Waals surface area contributed by atoms with Crippen LogP contribution in [0.3, 0.4) is 0 Å². The zero-order valence-electron chi connectivity index (χ0n) is 9.78. The van der Waals surface area contributed by atoms with Gasteiger partial charge in [0.15, 0.2) is 0 Å². The smallest absolute Gasteiger partial charge is 0.326 e. The number of carbonyl (C=O) groups excluding carboxylic acids is 2. The molecule has 0 aliphatic rings. The lowest BCUT2D eigenvalue weighted by atomic mass is 10.3. The monoisotopic (exact) mass is 233 g/mol. The Bertz CT molecular complexity index is 231. The van der Waals surface area contributed by atoms with Crippen LogP contribution < -0.4 is 5.11 Å². The summed E-state index contributed by atoms with van der Waals surface area (Å²) < 4.78 is 15.1. The van der Waals surface area contributed by atoms with Gasteiger partial charge in [0.1, 0.15) is 0 Å². The average Bonchev–Trinajstić information content (AvgIpc) is 2.15. The van der Waals surface area contributed by atoms with Crippen LogP contribution in [0.4, 0.5) is 0 Å². The number of carboxylic acid groups (broad SMARTS) is 1. The molecule has 0 amide bonds. The molecule has 0 aliphatic carbocycles. The lowest BCUT2D eigenvalue weighted by Gasteiger charge is -2.28. The van der Waals surface area contributed by atoms with E-state index in [4.69, 9.17) is 14.2 Å². The molecule has 0 radical (unpaired) electrons. The van der Waals surface area contributed by atoms with Crippen LogP contribution in [0.5, 0.6) is 0 Å². The van der Waals surface area contributed by atoms with Gasteiger partial charge in [0, 0.05) is 12.9 Å². The van der Waals surface area contributed by atoms with Gasteiger partial charge < -0.3 is 24.1 Å². The minimum atomic E-state index is -1.45. The van der Waals surface area contributed by atoms with E-state index in [0.717, 1.165) is 0 Å². The van der Waals surface area contributed by atoms with Crippen molar-refractivity contribution in [3.63, 3.8) is 0 Å². The first-order valence-electron chi connectivity index (χ1n) is 5.13. The van der Waals surface area contributed by atoms with Gasteiger partial charge in [0.25, 0.3) is 0 Å². The molecule has 0 saturated carbocycles. The molecule has 0 aromatic rings. The molecule has 0 spiro atoms. The summed E-state index contributed by atoms with van der Waals surface area (Å²) in [7, 11) is 0. The van der Waals surface area contributed by atoms with Crippen molar-refractivity contribution in [3.8, 4) is 0 Å². The number of carbonyl (C=O) groups is 2. The van der Waals surface area contributed by atoms with E-state index in [-0.39, 0.29) is 12.8 Å². The Morgan fingerprint density at radius 2 is 1.62 bits per heavy atom. The first kappa shape index (κ1) is 14.9. The summed E-state index contributed by atoms with van der Waals surface area (Å²) in [6.07, 6.45) is -0.648. The van der Waals surface area contributed by atoms with Gasteiger partial charge in [-0.25, -0.2) is 0 Å². The molecule has 6 nitrogen and oxygen atoms in total. The minimum Gasteiger partial charge on any atom is -0.550 e. The molecular weight excluding hydrogens is 216 g/mol. The molecule has 0 aliphatic heterocycles. The highest BCUT2D eigenvalue weighted by atomic mass is 16.9. The Balaban J connectivity index is 4.17. The molecule has 0 rings (SSSR count). The summed E-state index contributed by atoms with van der Waals surface area (Å²) in [5, 5.41) is 10.1. The van der Waals surface area contributed by atoms with Crippen LogP contribution >= 0.6 is 0 Å². The lowest BCUT2D eigenvalue weighted by Crippen LogP contribution is -2.38. The molecule has 94 valence electrons. The number of aliphatic carboxylic acids is 1. The lowest BCUT2D eigenvalue weighted by molar-refractivity contribution is -0.350. The second kappa shape index (κ2) is 7.19. The fourth-order valence-electron chi connectivity index (χ4n) is 1.09. The number of rotatable bonds is 8. The van der Waals surface area contributed by atoms with E-state index < -0.39 is 17.9 Å². The molecule has 0 fully saturated rings. The molecule has 0 atom stereocenters. The fraction of sp³-hybridized carbons (Fsp3) is 0.800. The average molecular weight is 233 g/mol. The van der Waals surface area contributed by atoms with Crippen LogP contribution in [0.2, 0.25) is 0 Å². The van der Waals surface area contributed by atoms with E-state index in [1.54, 1.807) is 13.8 Å². The maximum atomic E-state index is 11.2. The molecular formula is C10H17O6-. The molecule has 0 heterocycles. The second-order valence-corrected chi connectivity index (χ2v) is 3.07. The molecule has 0 aromatic heterocycles. The Kier molecular flexibility index (Phi) is 6.67. The van der Waals surface area contributed by atoms with Gasteiger partial charge in [-0.05, 0) is 20.3 Å². The van der Waals surface area contributed by atoms with Crippen LogP contribution in [0.1, 0.15) is 33.6 Å². The van der Waals surface area contributed by atoms with E-state index in [1.165, 1.54) is 6.92 Å². The SMILES string of the molecule is CCOC(C)(OCC)OC(=O)CCC(=O)[O-]. The normalized spacial score (nSPS) is 11.2. The first-order chi connectivity index (χ1) is 7.43. The molecule has 0 N–H and O–H groups in total. The maximum Gasteiger partial charge on any atom is 0.326 e. The van der Waals surface area contributed by atoms with Gasteiger partial charge in [-0.3, -0.25) is 4.79 Å². The van der Waals surface area contributed by atoms with E-state index in [1.807, 2.05) is 0 Å². The van der Waals surface area contributed by atoms with Crippen molar-refractivity contribution in [1.29, 1.82) is 0 Å². The number of hydrogen-bond donors (Lipinski definition) is 0. The molecule has 16 heavy (non-hydrogen) atoms. The number of ether oxygens (including phenoxy) is 3. The Morgan fingerprint density at radius 1 is 1.12 bits per heavy atom. The molecule has 0 unspecified atom stereocenters. The van der Waals surface area contributed by atoms with Crippen molar-refractivity contribution in [1.82, 2.24) is 0 Å². The highest BCUT2D eigenvalue weighted by molar-refractivity contribution is 5.75. The van der Waals surface area contributed by atoms with Gasteiger partial charge in [0.2, 0.25) is 0 Å². The summed E-state index contributed by atoms with van der Waals surface area (Å²) >= 11 is 0. The Hall–Kier alpha value is -1.14. The van der Waals surface area contributed by atoms with Gasteiger partial charge in [-0.2, -0.15) is 0 Å². The summed E-state index contributed by atoms with van der Waals surface area (Å²) in [6, 6.07) is 0. The quantitative estimate of drug-likeness (QED) is 0.426. The van der Waals surface area contributed by atoms with Crippen molar-refractivity contribution < 1.29 is 28.9 Å². The van der Waals surface area contributed by atoms with E-state index >= 15 is 0 Å². The second-order valence-electron chi connectivity index (χ2n) is 3.07. The van der Waals surface area contributed by atoms with E-state index in [9.17, 15) is 14.7 Å². The van der Waals surface area contributed by atoms with Crippen LogP contribution in [0, 0.1) is 0 Å². The highest BCUT2D eigenvalue weighted by Gasteiger charge is 2.29. The van der Waals surface area contributed by atoms with Crippen molar-refractivity contribution >= 4 is 11.9 Å². The topological polar surface area (TPSA) is 84.9 Å². The standard InChI is InChI=1S/C10H18O6/c1-4-14-10(3,15-5-2)16-9(13)7-6-8(11)12/h4-7H2,1-3H3,(H,11,12)/p-1. The maximum absolute atomic E-state index is 11.2. The zero-order chi connectivity index (χ0) is 12.6.